The number of fused-ring (bicyclic) bond motifs is 3. The molecule has 4 aliphatic rings. The first-order chi connectivity index (χ1) is 16.8. The third-order valence-corrected chi connectivity index (χ3v) is 9.18. The Labute approximate surface area is 226 Å². The lowest BCUT2D eigenvalue weighted by Crippen LogP contribution is -2.30. The summed E-state index contributed by atoms with van der Waals surface area (Å²) in [6.45, 7) is 0.243. The fraction of sp³-hybridized carbons (Fsp3) is 0.346. The quantitative estimate of drug-likeness (QED) is 0.179. The van der Waals surface area contributed by atoms with Crippen LogP contribution in [0.15, 0.2) is 47.6 Å². The molecule has 0 radical (unpaired) electrons. The summed E-state index contributed by atoms with van der Waals surface area (Å²) in [6.07, 6.45) is 8.07. The van der Waals surface area contributed by atoms with Crippen LogP contribution in [0.1, 0.15) is 24.0 Å². The van der Waals surface area contributed by atoms with Crippen LogP contribution in [-0.4, -0.2) is 30.1 Å². The molecule has 1 spiro atoms. The number of ether oxygens (including phenoxy) is 2. The van der Waals surface area contributed by atoms with E-state index in [4.69, 9.17) is 32.7 Å². The molecule has 3 fully saturated rings. The number of nitrogens with zero attached hydrogens (tertiary/aromatic N) is 2. The van der Waals surface area contributed by atoms with Gasteiger partial charge in [0.1, 0.15) is 6.61 Å². The van der Waals surface area contributed by atoms with Gasteiger partial charge in [-0.05, 0) is 82.5 Å². The van der Waals surface area contributed by atoms with Gasteiger partial charge in [0.05, 0.1) is 28.7 Å². The average Bonchev–Trinajstić information content (AvgIpc) is 3.43. The predicted octanol–water partition coefficient (Wildman–Crippen LogP) is 5.72. The molecule has 6 nitrogen and oxygen atoms in total. The Morgan fingerprint density at radius 2 is 1.80 bits per heavy atom. The largest absolute Gasteiger partial charge is 0.493 e. The first kappa shape index (κ1) is 23.3. The highest BCUT2D eigenvalue weighted by molar-refractivity contribution is 14.1. The standard InChI is InChI=1S/C26H21Cl2IN2O4/c1-34-20-9-13(8-19(29)23(20)35-12-14-2-3-15(27)10-18(14)28)11-30-31-24(32)21-16-4-5-17(22(21)25(31)33)26(16)6-7-26/h2-5,8-11,16-17,21-22H,6-7,12H2,1H3/b30-11-/t16-,17-,21-,22+/m1/s1. The van der Waals surface area contributed by atoms with Gasteiger partial charge in [0.15, 0.2) is 11.5 Å². The molecule has 0 N–H and O–H groups in total. The number of hydrogen-bond acceptors (Lipinski definition) is 5. The minimum absolute atomic E-state index is 0.173. The van der Waals surface area contributed by atoms with E-state index in [0.717, 1.165) is 27.0 Å². The molecule has 1 aliphatic heterocycles. The molecule has 2 aromatic carbocycles. The van der Waals surface area contributed by atoms with E-state index < -0.39 is 0 Å². The molecule has 0 unspecified atom stereocenters. The van der Waals surface area contributed by atoms with Crippen LogP contribution in [0.2, 0.25) is 10.0 Å². The van der Waals surface area contributed by atoms with Gasteiger partial charge in [-0.3, -0.25) is 9.59 Å². The molecular weight excluding hydrogens is 602 g/mol. The Bertz CT molecular complexity index is 1290. The molecule has 2 saturated carbocycles. The summed E-state index contributed by atoms with van der Waals surface area (Å²) in [5, 5.41) is 6.47. The van der Waals surface area contributed by atoms with Crippen molar-refractivity contribution < 1.29 is 19.1 Å². The first-order valence-electron chi connectivity index (χ1n) is 11.4. The molecule has 35 heavy (non-hydrogen) atoms. The number of amides is 2. The highest BCUT2D eigenvalue weighted by atomic mass is 127. The molecular formula is C26H21Cl2IN2O4. The van der Waals surface area contributed by atoms with Crippen molar-refractivity contribution in [1.29, 1.82) is 0 Å². The number of imide groups is 1. The van der Waals surface area contributed by atoms with E-state index >= 15 is 0 Å². The Morgan fingerprint density at radius 1 is 1.11 bits per heavy atom. The lowest BCUT2D eigenvalue weighted by Gasteiger charge is -2.18. The van der Waals surface area contributed by atoms with Crippen LogP contribution in [0, 0.1) is 32.7 Å². The van der Waals surface area contributed by atoms with Gasteiger partial charge in [0, 0.05) is 15.6 Å². The summed E-state index contributed by atoms with van der Waals surface area (Å²) in [6, 6.07) is 8.87. The smallest absolute Gasteiger partial charge is 0.254 e. The number of rotatable bonds is 6. The number of carbonyl (C=O) groups is 2. The Balaban J connectivity index is 1.20. The Kier molecular flexibility index (Phi) is 5.65. The molecule has 2 amide bonds. The summed E-state index contributed by atoms with van der Waals surface area (Å²) in [5.41, 5.74) is 1.67. The van der Waals surface area contributed by atoms with Crippen LogP contribution in [-0.2, 0) is 16.2 Å². The summed E-state index contributed by atoms with van der Waals surface area (Å²) in [5.74, 6) is 0.557. The molecule has 2 bridgehead atoms. The third-order valence-electron chi connectivity index (χ3n) is 7.79. The number of carbonyl (C=O) groups excluding carboxylic acids is 2. The highest BCUT2D eigenvalue weighted by Crippen LogP contribution is 2.73. The molecule has 6 rings (SSSR count). The maximum absolute atomic E-state index is 13.1. The number of halogens is 3. The van der Waals surface area contributed by atoms with Crippen molar-refractivity contribution in [2.24, 2.45) is 34.2 Å². The zero-order valence-electron chi connectivity index (χ0n) is 18.7. The fourth-order valence-electron chi connectivity index (χ4n) is 6.04. The normalized spacial score (nSPS) is 27.4. The number of methoxy groups -OCH3 is 1. The van der Waals surface area contributed by atoms with Gasteiger partial charge in [-0.1, -0.05) is 41.4 Å². The molecule has 1 heterocycles. The van der Waals surface area contributed by atoms with Crippen molar-refractivity contribution in [1.82, 2.24) is 5.01 Å². The van der Waals surface area contributed by atoms with Gasteiger partial charge in [-0.2, -0.15) is 10.1 Å². The molecule has 3 aliphatic carbocycles. The average molecular weight is 623 g/mol. The summed E-state index contributed by atoms with van der Waals surface area (Å²) in [4.78, 5) is 26.3. The molecule has 180 valence electrons. The summed E-state index contributed by atoms with van der Waals surface area (Å²) in [7, 11) is 1.56. The topological polar surface area (TPSA) is 68.2 Å². The highest BCUT2D eigenvalue weighted by Gasteiger charge is 2.73. The molecule has 0 aromatic heterocycles. The van der Waals surface area contributed by atoms with Crippen LogP contribution in [0.25, 0.3) is 0 Å². The predicted molar refractivity (Wildman–Crippen MR) is 141 cm³/mol. The molecule has 4 atom stereocenters. The van der Waals surface area contributed by atoms with Crippen molar-refractivity contribution in [3.8, 4) is 11.5 Å². The summed E-state index contributed by atoms with van der Waals surface area (Å²) >= 11 is 14.4. The number of allylic oxidation sites excluding steroid dienone is 2. The minimum Gasteiger partial charge on any atom is -0.493 e. The van der Waals surface area contributed by atoms with Crippen molar-refractivity contribution in [2.45, 2.75) is 19.4 Å². The van der Waals surface area contributed by atoms with Crippen molar-refractivity contribution in [3.63, 3.8) is 0 Å². The maximum atomic E-state index is 13.1. The van der Waals surface area contributed by atoms with E-state index in [1.54, 1.807) is 25.3 Å². The van der Waals surface area contributed by atoms with Gasteiger partial charge >= 0.3 is 0 Å². The summed E-state index contributed by atoms with van der Waals surface area (Å²) < 4.78 is 12.3. The maximum Gasteiger partial charge on any atom is 0.254 e. The first-order valence-corrected chi connectivity index (χ1v) is 13.2. The van der Waals surface area contributed by atoms with Gasteiger partial charge in [0.2, 0.25) is 0 Å². The van der Waals surface area contributed by atoms with Crippen LogP contribution in [0.3, 0.4) is 0 Å². The molecule has 9 heteroatoms. The lowest BCUT2D eigenvalue weighted by molar-refractivity contribution is -0.141. The van der Waals surface area contributed by atoms with Crippen molar-refractivity contribution in [2.75, 3.05) is 7.11 Å². The van der Waals surface area contributed by atoms with E-state index in [0.29, 0.717) is 27.1 Å². The zero-order chi connectivity index (χ0) is 24.5. The fourth-order valence-corrected chi connectivity index (χ4v) is 7.29. The number of hydrogen-bond donors (Lipinski definition) is 0. The van der Waals surface area contributed by atoms with Crippen molar-refractivity contribution in [3.05, 3.63) is 67.2 Å². The van der Waals surface area contributed by atoms with E-state index in [-0.39, 0.29) is 47.5 Å². The number of hydrazone groups is 1. The van der Waals surface area contributed by atoms with Crippen LogP contribution in [0.4, 0.5) is 0 Å². The number of benzene rings is 2. The zero-order valence-corrected chi connectivity index (χ0v) is 22.4. The second-order valence-electron chi connectivity index (χ2n) is 9.51. The monoisotopic (exact) mass is 622 g/mol. The third kappa shape index (κ3) is 3.61. The molecule has 2 aromatic rings. The van der Waals surface area contributed by atoms with Gasteiger partial charge in [-0.25, -0.2) is 0 Å². The van der Waals surface area contributed by atoms with E-state index in [2.05, 4.69) is 39.8 Å². The van der Waals surface area contributed by atoms with Gasteiger partial charge < -0.3 is 9.47 Å². The molecule has 1 saturated heterocycles. The van der Waals surface area contributed by atoms with Gasteiger partial charge in [0.25, 0.3) is 11.8 Å². The van der Waals surface area contributed by atoms with Crippen LogP contribution in [0.5, 0.6) is 11.5 Å². The SMILES string of the molecule is COc1cc(/C=N\N2C(=O)[C@@H]3[C@H](C2=O)[C@H]2C=C[C@H]3C23CC3)cc(I)c1OCc1ccc(Cl)cc1Cl. The van der Waals surface area contributed by atoms with Crippen LogP contribution >= 0.6 is 45.8 Å². The second-order valence-corrected chi connectivity index (χ2v) is 11.5. The van der Waals surface area contributed by atoms with E-state index in [9.17, 15) is 9.59 Å². The second kappa shape index (κ2) is 8.49. The van der Waals surface area contributed by atoms with E-state index in [1.807, 2.05) is 12.1 Å². The van der Waals surface area contributed by atoms with Crippen LogP contribution < -0.4 is 9.47 Å². The van der Waals surface area contributed by atoms with Gasteiger partial charge in [-0.15, -0.1) is 0 Å². The Morgan fingerprint density at radius 3 is 2.40 bits per heavy atom. The lowest BCUT2D eigenvalue weighted by atomic mass is 9.85. The Hall–Kier alpha value is -2.10. The minimum atomic E-state index is -0.262. The van der Waals surface area contributed by atoms with E-state index in [1.165, 1.54) is 6.21 Å². The van der Waals surface area contributed by atoms with Crippen molar-refractivity contribution >= 4 is 63.8 Å².